The molecular weight excluding hydrogens is 242 g/mol. The Kier molecular flexibility index (Phi) is 3.40. The lowest BCUT2D eigenvalue weighted by molar-refractivity contribution is 0.0708. The first-order valence-corrected chi connectivity index (χ1v) is 5.98. The summed E-state index contributed by atoms with van der Waals surface area (Å²) in [7, 11) is 3.89. The van der Waals surface area contributed by atoms with Crippen LogP contribution < -0.4 is 10.4 Å². The Morgan fingerprint density at radius 1 is 1.26 bits per heavy atom. The largest absolute Gasteiger partial charge is 0.377 e. The van der Waals surface area contributed by atoms with E-state index in [0.29, 0.717) is 11.1 Å². The van der Waals surface area contributed by atoms with Gasteiger partial charge in [0.2, 0.25) is 0 Å². The van der Waals surface area contributed by atoms with Crippen LogP contribution in [0.15, 0.2) is 18.2 Å². The number of anilines is 1. The van der Waals surface area contributed by atoms with Gasteiger partial charge >= 0.3 is 0 Å². The Morgan fingerprint density at radius 2 is 1.95 bits per heavy atom. The summed E-state index contributed by atoms with van der Waals surface area (Å²) in [6, 6.07) is 5.69. The molecule has 2 N–H and O–H groups in total. The van der Waals surface area contributed by atoms with Crippen molar-refractivity contribution in [3.8, 4) is 0 Å². The van der Waals surface area contributed by atoms with Gasteiger partial charge in [-0.25, -0.2) is 5.48 Å². The van der Waals surface area contributed by atoms with E-state index in [9.17, 15) is 4.79 Å². The van der Waals surface area contributed by atoms with Gasteiger partial charge in [0.15, 0.2) is 0 Å². The number of nitrogens with zero attached hydrogens (tertiary/aromatic N) is 2. The van der Waals surface area contributed by atoms with Crippen LogP contribution in [0.3, 0.4) is 0 Å². The first-order valence-electron chi connectivity index (χ1n) is 5.98. The summed E-state index contributed by atoms with van der Waals surface area (Å²) < 4.78 is 0. The van der Waals surface area contributed by atoms with E-state index in [-0.39, 0.29) is 0 Å². The molecule has 19 heavy (non-hydrogen) atoms. The molecule has 0 atom stereocenters. The van der Waals surface area contributed by atoms with Gasteiger partial charge in [0.1, 0.15) is 0 Å². The Balaban J connectivity index is 2.88. The van der Waals surface area contributed by atoms with E-state index in [0.717, 1.165) is 22.3 Å². The van der Waals surface area contributed by atoms with E-state index in [1.54, 1.807) is 11.5 Å². The second-order valence-electron chi connectivity index (χ2n) is 4.83. The number of nitrogens with one attached hydrogen (secondary N) is 1. The standard InChI is InChI=1S/C14H17N3O2/c1-8-5-10-12(17(3)4)7-9(2)15-13(10)11(6-8)14(18)16-19/h5-7,19H,1-4H3,(H,16,18). The Bertz CT molecular complexity index is 651. The number of aromatic nitrogens is 1. The normalized spacial score (nSPS) is 10.6. The van der Waals surface area contributed by atoms with Crippen molar-refractivity contribution in [1.82, 2.24) is 10.5 Å². The van der Waals surface area contributed by atoms with Gasteiger partial charge in [-0.15, -0.1) is 0 Å². The maximum Gasteiger partial charge on any atom is 0.276 e. The maximum absolute atomic E-state index is 11.8. The summed E-state index contributed by atoms with van der Waals surface area (Å²) in [4.78, 5) is 18.2. The second kappa shape index (κ2) is 4.85. The van der Waals surface area contributed by atoms with Crippen molar-refractivity contribution in [2.75, 3.05) is 19.0 Å². The summed E-state index contributed by atoms with van der Waals surface area (Å²) in [5.74, 6) is -0.545. The van der Waals surface area contributed by atoms with Gasteiger partial charge in [0.25, 0.3) is 5.91 Å². The van der Waals surface area contributed by atoms with Gasteiger partial charge in [-0.05, 0) is 37.6 Å². The molecule has 2 rings (SSSR count). The van der Waals surface area contributed by atoms with Crippen LogP contribution >= 0.6 is 0 Å². The smallest absolute Gasteiger partial charge is 0.276 e. The molecule has 0 aliphatic rings. The first-order chi connectivity index (χ1) is 8.93. The zero-order chi connectivity index (χ0) is 14.2. The predicted octanol–water partition coefficient (Wildman–Crippen LogP) is 2.04. The SMILES string of the molecule is Cc1cc(C(=O)NO)c2nc(C)cc(N(C)C)c2c1. The molecule has 1 aromatic heterocycles. The highest BCUT2D eigenvalue weighted by Gasteiger charge is 2.15. The lowest BCUT2D eigenvalue weighted by Crippen LogP contribution is -2.20. The lowest BCUT2D eigenvalue weighted by atomic mass is 10.0. The van der Waals surface area contributed by atoms with E-state index >= 15 is 0 Å². The summed E-state index contributed by atoms with van der Waals surface area (Å²) >= 11 is 0. The first kappa shape index (κ1) is 13.3. The van der Waals surface area contributed by atoms with Crippen LogP contribution in [0.2, 0.25) is 0 Å². The maximum atomic E-state index is 11.8. The Hall–Kier alpha value is -2.14. The highest BCUT2D eigenvalue weighted by molar-refractivity contribution is 6.08. The van der Waals surface area contributed by atoms with Crippen LogP contribution in [-0.4, -0.2) is 30.2 Å². The number of amides is 1. The molecule has 0 aliphatic heterocycles. The molecule has 1 heterocycles. The van der Waals surface area contributed by atoms with Crippen LogP contribution in [-0.2, 0) is 0 Å². The van der Waals surface area contributed by atoms with Crippen molar-refractivity contribution in [3.63, 3.8) is 0 Å². The number of hydrogen-bond acceptors (Lipinski definition) is 4. The number of aryl methyl sites for hydroxylation is 2. The van der Waals surface area contributed by atoms with Crippen LogP contribution in [0, 0.1) is 13.8 Å². The van der Waals surface area contributed by atoms with Crippen molar-refractivity contribution in [3.05, 3.63) is 35.0 Å². The molecule has 5 nitrogen and oxygen atoms in total. The van der Waals surface area contributed by atoms with Crippen molar-refractivity contribution >= 4 is 22.5 Å². The average Bonchev–Trinajstić information content (AvgIpc) is 2.36. The lowest BCUT2D eigenvalue weighted by Gasteiger charge is -2.17. The number of carbonyl (C=O) groups is 1. The topological polar surface area (TPSA) is 65.5 Å². The van der Waals surface area contributed by atoms with Crippen molar-refractivity contribution in [2.45, 2.75) is 13.8 Å². The quantitative estimate of drug-likeness (QED) is 0.640. The number of carbonyl (C=O) groups excluding carboxylic acids is 1. The molecule has 0 aliphatic carbocycles. The molecule has 0 bridgehead atoms. The van der Waals surface area contributed by atoms with Gasteiger partial charge in [-0.2, -0.15) is 0 Å². The number of hydrogen-bond donors (Lipinski definition) is 2. The van der Waals surface area contributed by atoms with E-state index < -0.39 is 5.91 Å². The van der Waals surface area contributed by atoms with Gasteiger partial charge in [0.05, 0.1) is 11.1 Å². The molecule has 5 heteroatoms. The minimum atomic E-state index is -0.545. The van der Waals surface area contributed by atoms with E-state index in [4.69, 9.17) is 5.21 Å². The molecule has 0 saturated carbocycles. The van der Waals surface area contributed by atoms with Crippen LogP contribution in [0.5, 0.6) is 0 Å². The number of fused-ring (bicyclic) bond motifs is 1. The second-order valence-corrected chi connectivity index (χ2v) is 4.83. The molecule has 1 amide bonds. The minimum Gasteiger partial charge on any atom is -0.377 e. The highest BCUT2D eigenvalue weighted by Crippen LogP contribution is 2.28. The third-order valence-electron chi connectivity index (χ3n) is 2.99. The van der Waals surface area contributed by atoms with E-state index in [1.165, 1.54) is 0 Å². The number of pyridine rings is 1. The van der Waals surface area contributed by atoms with Crippen molar-refractivity contribution in [1.29, 1.82) is 0 Å². The summed E-state index contributed by atoms with van der Waals surface area (Å²) in [6.07, 6.45) is 0. The van der Waals surface area contributed by atoms with Crippen molar-refractivity contribution in [2.24, 2.45) is 0 Å². The van der Waals surface area contributed by atoms with E-state index in [1.807, 2.05) is 45.0 Å². The fourth-order valence-electron chi connectivity index (χ4n) is 2.18. The molecule has 0 unspecified atom stereocenters. The fraction of sp³-hybridized carbons (Fsp3) is 0.286. The van der Waals surface area contributed by atoms with Gasteiger partial charge in [-0.3, -0.25) is 15.0 Å². The summed E-state index contributed by atoms with van der Waals surface area (Å²) in [6.45, 7) is 3.79. The van der Waals surface area contributed by atoms with Gasteiger partial charge in [0, 0.05) is 30.9 Å². The Labute approximate surface area is 111 Å². The van der Waals surface area contributed by atoms with Crippen LogP contribution in [0.25, 0.3) is 10.9 Å². The third-order valence-corrected chi connectivity index (χ3v) is 2.99. The zero-order valence-electron chi connectivity index (χ0n) is 11.5. The monoisotopic (exact) mass is 259 g/mol. The average molecular weight is 259 g/mol. The molecule has 0 fully saturated rings. The molecule has 0 saturated heterocycles. The molecule has 100 valence electrons. The summed E-state index contributed by atoms with van der Waals surface area (Å²) in [5, 5.41) is 9.75. The molecule has 0 spiro atoms. The van der Waals surface area contributed by atoms with E-state index in [2.05, 4.69) is 4.98 Å². The van der Waals surface area contributed by atoms with Gasteiger partial charge in [-0.1, -0.05) is 0 Å². The third kappa shape index (κ3) is 2.37. The van der Waals surface area contributed by atoms with Gasteiger partial charge < -0.3 is 4.90 Å². The van der Waals surface area contributed by atoms with Crippen molar-refractivity contribution < 1.29 is 10.0 Å². The number of hydroxylamine groups is 1. The fourth-order valence-corrected chi connectivity index (χ4v) is 2.18. The number of benzene rings is 1. The highest BCUT2D eigenvalue weighted by atomic mass is 16.5. The zero-order valence-corrected chi connectivity index (χ0v) is 11.5. The predicted molar refractivity (Wildman–Crippen MR) is 74.8 cm³/mol. The van der Waals surface area contributed by atoms with Crippen LogP contribution in [0.1, 0.15) is 21.6 Å². The van der Waals surface area contributed by atoms with Crippen LogP contribution in [0.4, 0.5) is 5.69 Å². The summed E-state index contributed by atoms with van der Waals surface area (Å²) in [5.41, 5.74) is 5.42. The number of rotatable bonds is 2. The minimum absolute atomic E-state index is 0.379. The molecule has 0 radical (unpaired) electrons. The molecular formula is C14H17N3O2. The Morgan fingerprint density at radius 3 is 2.53 bits per heavy atom. The molecule has 1 aromatic carbocycles. The molecule has 2 aromatic rings.